The van der Waals surface area contributed by atoms with Gasteiger partial charge >= 0.3 is 0 Å². The summed E-state index contributed by atoms with van der Waals surface area (Å²) in [6.45, 7) is 8.78. The van der Waals surface area contributed by atoms with E-state index < -0.39 is 0 Å². The van der Waals surface area contributed by atoms with E-state index in [-0.39, 0.29) is 16.5 Å². The van der Waals surface area contributed by atoms with Crippen molar-refractivity contribution in [3.05, 3.63) is 71.8 Å². The van der Waals surface area contributed by atoms with Crippen LogP contribution >= 0.6 is 0 Å². The molecule has 0 aromatic heterocycles. The molecule has 180 valence electrons. The van der Waals surface area contributed by atoms with Gasteiger partial charge in [-0.05, 0) is 73.9 Å². The third-order valence-corrected chi connectivity index (χ3v) is 5.27. The third kappa shape index (κ3) is 10.9. The Labute approximate surface area is 212 Å². The van der Waals surface area contributed by atoms with Gasteiger partial charge in [0.2, 0.25) is 0 Å². The number of rotatable bonds is 13. The van der Waals surface area contributed by atoms with Crippen molar-refractivity contribution in [2.45, 2.75) is 79.1 Å². The first-order chi connectivity index (χ1) is 15.7. The molecule has 0 N–H and O–H groups in total. The number of benzene rings is 2. The van der Waals surface area contributed by atoms with E-state index in [9.17, 15) is 0 Å². The van der Waals surface area contributed by atoms with E-state index in [0.29, 0.717) is 0 Å². The van der Waals surface area contributed by atoms with Crippen molar-refractivity contribution in [2.75, 3.05) is 0 Å². The van der Waals surface area contributed by atoms with Crippen LogP contribution in [-0.2, 0) is 16.5 Å². The Balaban J connectivity index is 0.00000544. The van der Waals surface area contributed by atoms with Gasteiger partial charge in [-0.2, -0.15) is 0 Å². The minimum absolute atomic E-state index is 0. The molecular formula is C30H40N2Ni. The number of hydrogen-bond donors (Lipinski definition) is 0. The van der Waals surface area contributed by atoms with Crippen LogP contribution in [0.1, 0.15) is 90.2 Å². The third-order valence-electron chi connectivity index (χ3n) is 5.27. The summed E-state index contributed by atoms with van der Waals surface area (Å²) in [6.07, 6.45) is 17.3. The van der Waals surface area contributed by atoms with Crippen molar-refractivity contribution in [3.63, 3.8) is 0 Å². The van der Waals surface area contributed by atoms with Gasteiger partial charge in [0.1, 0.15) is 0 Å². The molecular weight excluding hydrogens is 447 g/mol. The number of unbranched alkanes of at least 4 members (excludes halogenated alkanes) is 2. The molecule has 0 bridgehead atoms. The Hall–Kier alpha value is -2.25. The molecule has 0 aliphatic heterocycles. The fourth-order valence-corrected chi connectivity index (χ4v) is 3.36. The minimum Gasteiger partial charge on any atom is -0.252 e. The molecule has 0 saturated carbocycles. The SMILES string of the molecule is CCC=Cc1ccc(N=C(CCCC)C(CCCC)=Nc2ccc(C=CCC)cc2)cc1.[Ni]. The normalized spacial score (nSPS) is 12.5. The average Bonchev–Trinajstić information content (AvgIpc) is 2.83. The summed E-state index contributed by atoms with van der Waals surface area (Å²) >= 11 is 0. The quantitative estimate of drug-likeness (QED) is 0.198. The second kappa shape index (κ2) is 17.3. The van der Waals surface area contributed by atoms with Crippen LogP contribution in [0.25, 0.3) is 12.2 Å². The van der Waals surface area contributed by atoms with Crippen molar-refractivity contribution in [3.8, 4) is 0 Å². The summed E-state index contributed by atoms with van der Waals surface area (Å²) in [5.41, 5.74) is 6.72. The Morgan fingerprint density at radius 3 is 1.27 bits per heavy atom. The summed E-state index contributed by atoms with van der Waals surface area (Å²) in [5.74, 6) is 0. The zero-order valence-electron chi connectivity index (χ0n) is 20.8. The fourth-order valence-electron chi connectivity index (χ4n) is 3.36. The largest absolute Gasteiger partial charge is 0.252 e. The van der Waals surface area contributed by atoms with E-state index in [0.717, 1.165) is 74.2 Å². The predicted octanol–water partition coefficient (Wildman–Crippen LogP) is 9.76. The Kier molecular flexibility index (Phi) is 15.1. The topological polar surface area (TPSA) is 24.7 Å². The summed E-state index contributed by atoms with van der Waals surface area (Å²) in [4.78, 5) is 10.2. The molecule has 0 heterocycles. The van der Waals surface area contributed by atoms with Crippen LogP contribution in [0, 0.1) is 0 Å². The van der Waals surface area contributed by atoms with Gasteiger partial charge in [0.25, 0.3) is 0 Å². The zero-order chi connectivity index (χ0) is 23.0. The molecule has 2 aromatic rings. The van der Waals surface area contributed by atoms with Gasteiger partial charge in [0, 0.05) is 16.5 Å². The average molecular weight is 487 g/mol. The van der Waals surface area contributed by atoms with Crippen molar-refractivity contribution >= 4 is 35.0 Å². The van der Waals surface area contributed by atoms with Gasteiger partial charge in [0.15, 0.2) is 0 Å². The number of allylic oxidation sites excluding steroid dienone is 2. The smallest absolute Gasteiger partial charge is 0.0634 e. The summed E-state index contributed by atoms with van der Waals surface area (Å²) in [6, 6.07) is 17.1. The Morgan fingerprint density at radius 1 is 0.606 bits per heavy atom. The van der Waals surface area contributed by atoms with Gasteiger partial charge in [-0.25, -0.2) is 0 Å². The van der Waals surface area contributed by atoms with Crippen LogP contribution in [0.3, 0.4) is 0 Å². The van der Waals surface area contributed by atoms with Crippen LogP contribution in [-0.4, -0.2) is 11.4 Å². The van der Waals surface area contributed by atoms with E-state index in [2.05, 4.69) is 101 Å². The van der Waals surface area contributed by atoms with Gasteiger partial charge in [-0.1, -0.05) is 89.1 Å². The van der Waals surface area contributed by atoms with E-state index in [1.165, 1.54) is 11.1 Å². The molecule has 2 aromatic carbocycles. The standard InChI is InChI=1S/C30H40N2.Ni/c1-5-9-13-25-17-21-27(22-18-25)31-29(15-11-7-3)30(16-12-8-4)32-28-23-19-26(20-24-28)14-10-6-2;/h9-10,13-14,17-24H,5-8,11-12,15-16H2,1-4H3;. The van der Waals surface area contributed by atoms with Crippen LogP contribution in [0.4, 0.5) is 11.4 Å². The Morgan fingerprint density at radius 2 is 0.970 bits per heavy atom. The van der Waals surface area contributed by atoms with Crippen molar-refractivity contribution < 1.29 is 16.5 Å². The minimum atomic E-state index is 0. The second-order valence-corrected chi connectivity index (χ2v) is 8.13. The van der Waals surface area contributed by atoms with Gasteiger partial charge in [0.05, 0.1) is 22.8 Å². The monoisotopic (exact) mass is 486 g/mol. The summed E-state index contributed by atoms with van der Waals surface area (Å²) in [7, 11) is 0. The van der Waals surface area contributed by atoms with Crippen LogP contribution in [0.15, 0.2) is 70.7 Å². The molecule has 0 spiro atoms. The predicted molar refractivity (Wildman–Crippen MR) is 145 cm³/mol. The van der Waals surface area contributed by atoms with Crippen molar-refractivity contribution in [1.82, 2.24) is 0 Å². The molecule has 0 saturated heterocycles. The van der Waals surface area contributed by atoms with E-state index >= 15 is 0 Å². The molecule has 2 nitrogen and oxygen atoms in total. The van der Waals surface area contributed by atoms with Gasteiger partial charge in [-0.15, -0.1) is 0 Å². The number of aliphatic imine (C=N–C) groups is 2. The maximum Gasteiger partial charge on any atom is 0.0634 e. The molecule has 3 heteroatoms. The zero-order valence-corrected chi connectivity index (χ0v) is 21.8. The number of hydrogen-bond acceptors (Lipinski definition) is 2. The molecule has 33 heavy (non-hydrogen) atoms. The molecule has 0 aliphatic carbocycles. The number of nitrogens with zero attached hydrogens (tertiary/aromatic N) is 2. The van der Waals surface area contributed by atoms with Crippen LogP contribution in [0.5, 0.6) is 0 Å². The molecule has 0 radical (unpaired) electrons. The molecule has 2 rings (SSSR count). The van der Waals surface area contributed by atoms with E-state index in [4.69, 9.17) is 9.98 Å². The fraction of sp³-hybridized carbons (Fsp3) is 0.400. The summed E-state index contributed by atoms with van der Waals surface area (Å²) < 4.78 is 0. The first-order valence-electron chi connectivity index (χ1n) is 12.4. The molecule has 0 unspecified atom stereocenters. The first-order valence-corrected chi connectivity index (χ1v) is 12.4. The summed E-state index contributed by atoms with van der Waals surface area (Å²) in [5, 5.41) is 0. The van der Waals surface area contributed by atoms with Gasteiger partial charge in [-0.3, -0.25) is 9.98 Å². The van der Waals surface area contributed by atoms with Crippen LogP contribution < -0.4 is 0 Å². The maximum absolute atomic E-state index is 5.08. The first kappa shape index (κ1) is 28.8. The second-order valence-electron chi connectivity index (χ2n) is 8.13. The van der Waals surface area contributed by atoms with Crippen molar-refractivity contribution in [2.24, 2.45) is 9.98 Å². The maximum atomic E-state index is 5.08. The van der Waals surface area contributed by atoms with Crippen molar-refractivity contribution in [1.29, 1.82) is 0 Å². The molecule has 0 fully saturated rings. The molecule has 0 atom stereocenters. The van der Waals surface area contributed by atoms with E-state index in [1.54, 1.807) is 0 Å². The van der Waals surface area contributed by atoms with Crippen LogP contribution in [0.2, 0.25) is 0 Å². The van der Waals surface area contributed by atoms with E-state index in [1.807, 2.05) is 0 Å². The molecule has 0 aliphatic rings. The molecule has 0 amide bonds. The van der Waals surface area contributed by atoms with Gasteiger partial charge < -0.3 is 0 Å². The Bertz CT molecular complexity index is 826.